The number of nitrogens with one attached hydrogen (secondary N) is 1. The molecule has 1 aliphatic heterocycles. The molecule has 3 aromatic carbocycles. The van der Waals surface area contributed by atoms with Crippen LogP contribution in [0.1, 0.15) is 28.3 Å². The standard InChI is InChI=1S/C26H25N3O3/c1-31-23-14-19-12-13-29(17-25(30)28-22-11-7-6-10-20(22)16-27)26(18-8-4-3-5-9-18)21(19)15-24(23)32-2/h3-11,14-15,26H,12-13,17H2,1-2H3,(H,28,30). The molecule has 1 aliphatic rings. The number of nitriles is 1. The van der Waals surface area contributed by atoms with Crippen molar-refractivity contribution >= 4 is 11.6 Å². The van der Waals surface area contributed by atoms with Crippen molar-refractivity contribution in [1.82, 2.24) is 4.90 Å². The van der Waals surface area contributed by atoms with Crippen LogP contribution in [0.2, 0.25) is 0 Å². The molecule has 1 N–H and O–H groups in total. The average Bonchev–Trinajstić information content (AvgIpc) is 2.83. The van der Waals surface area contributed by atoms with E-state index in [2.05, 4.69) is 28.4 Å². The molecule has 4 rings (SSSR count). The predicted molar refractivity (Wildman–Crippen MR) is 123 cm³/mol. The molecule has 0 aliphatic carbocycles. The van der Waals surface area contributed by atoms with Crippen LogP contribution < -0.4 is 14.8 Å². The van der Waals surface area contributed by atoms with E-state index in [4.69, 9.17) is 9.47 Å². The van der Waals surface area contributed by atoms with Crippen LogP contribution in [0.3, 0.4) is 0 Å². The maximum atomic E-state index is 13.0. The molecule has 0 saturated heterocycles. The second-order valence-electron chi connectivity index (χ2n) is 7.65. The van der Waals surface area contributed by atoms with Crippen molar-refractivity contribution in [2.45, 2.75) is 12.5 Å². The average molecular weight is 428 g/mol. The predicted octanol–water partition coefficient (Wildman–Crippen LogP) is 4.16. The number of amides is 1. The summed E-state index contributed by atoms with van der Waals surface area (Å²) >= 11 is 0. The third-order valence-electron chi connectivity index (χ3n) is 5.76. The zero-order valence-electron chi connectivity index (χ0n) is 18.2. The molecule has 0 fully saturated rings. The third-order valence-corrected chi connectivity index (χ3v) is 5.76. The van der Waals surface area contributed by atoms with Crippen molar-refractivity contribution in [1.29, 1.82) is 5.26 Å². The Morgan fingerprint density at radius 3 is 2.47 bits per heavy atom. The van der Waals surface area contributed by atoms with Crippen LogP contribution in [0.4, 0.5) is 5.69 Å². The van der Waals surface area contributed by atoms with E-state index in [0.29, 0.717) is 22.7 Å². The Hall–Kier alpha value is -3.82. The van der Waals surface area contributed by atoms with Gasteiger partial charge in [0.25, 0.3) is 0 Å². The fraction of sp³-hybridized carbons (Fsp3) is 0.231. The van der Waals surface area contributed by atoms with E-state index in [0.717, 1.165) is 24.1 Å². The first-order chi connectivity index (χ1) is 15.6. The van der Waals surface area contributed by atoms with Gasteiger partial charge in [-0.05, 0) is 47.4 Å². The van der Waals surface area contributed by atoms with Crippen LogP contribution >= 0.6 is 0 Å². The zero-order chi connectivity index (χ0) is 22.5. The van der Waals surface area contributed by atoms with Crippen molar-refractivity contribution < 1.29 is 14.3 Å². The minimum atomic E-state index is -0.155. The van der Waals surface area contributed by atoms with E-state index >= 15 is 0 Å². The van der Waals surface area contributed by atoms with Crippen LogP contribution in [0.25, 0.3) is 0 Å². The third kappa shape index (κ3) is 4.29. The Balaban J connectivity index is 1.66. The second-order valence-corrected chi connectivity index (χ2v) is 7.65. The molecule has 6 heteroatoms. The van der Waals surface area contributed by atoms with E-state index in [1.807, 2.05) is 30.3 Å². The van der Waals surface area contributed by atoms with Gasteiger partial charge in [-0.1, -0.05) is 42.5 Å². The molecule has 1 atom stereocenters. The number of ether oxygens (including phenoxy) is 2. The summed E-state index contributed by atoms with van der Waals surface area (Å²) in [5, 5.41) is 12.2. The quantitative estimate of drug-likeness (QED) is 0.639. The van der Waals surface area contributed by atoms with Gasteiger partial charge < -0.3 is 14.8 Å². The van der Waals surface area contributed by atoms with Gasteiger partial charge in [-0.15, -0.1) is 0 Å². The maximum absolute atomic E-state index is 13.0. The number of nitrogens with zero attached hydrogens (tertiary/aromatic N) is 2. The molecule has 32 heavy (non-hydrogen) atoms. The molecule has 0 saturated carbocycles. The van der Waals surface area contributed by atoms with Gasteiger partial charge in [-0.25, -0.2) is 0 Å². The van der Waals surface area contributed by atoms with Crippen LogP contribution in [0, 0.1) is 11.3 Å². The largest absolute Gasteiger partial charge is 0.493 e. The van der Waals surface area contributed by atoms with Gasteiger partial charge in [0.15, 0.2) is 11.5 Å². The van der Waals surface area contributed by atoms with E-state index < -0.39 is 0 Å². The Labute approximate surface area is 188 Å². The number of rotatable bonds is 6. The van der Waals surface area contributed by atoms with Gasteiger partial charge in [0.05, 0.1) is 38.1 Å². The number of hydrogen-bond acceptors (Lipinski definition) is 5. The van der Waals surface area contributed by atoms with Crippen molar-refractivity contribution in [3.63, 3.8) is 0 Å². The molecular formula is C26H25N3O3. The lowest BCUT2D eigenvalue weighted by Crippen LogP contribution is -2.41. The number of para-hydroxylation sites is 1. The first-order valence-corrected chi connectivity index (χ1v) is 10.5. The maximum Gasteiger partial charge on any atom is 0.238 e. The lowest BCUT2D eigenvalue weighted by atomic mass is 9.87. The highest BCUT2D eigenvalue weighted by Gasteiger charge is 2.31. The smallest absolute Gasteiger partial charge is 0.238 e. The number of hydrogen-bond donors (Lipinski definition) is 1. The molecule has 0 radical (unpaired) electrons. The van der Waals surface area contributed by atoms with Crippen molar-refractivity contribution in [2.75, 3.05) is 32.6 Å². The number of anilines is 1. The van der Waals surface area contributed by atoms with Crippen molar-refractivity contribution in [2.24, 2.45) is 0 Å². The molecule has 0 bridgehead atoms. The summed E-state index contributed by atoms with van der Waals surface area (Å²) in [4.78, 5) is 15.1. The monoisotopic (exact) mass is 427 g/mol. The Morgan fingerprint density at radius 2 is 1.75 bits per heavy atom. The lowest BCUT2D eigenvalue weighted by Gasteiger charge is -2.37. The summed E-state index contributed by atoms with van der Waals surface area (Å²) in [6.45, 7) is 0.919. The molecule has 0 spiro atoms. The summed E-state index contributed by atoms with van der Waals surface area (Å²) in [5.74, 6) is 1.22. The summed E-state index contributed by atoms with van der Waals surface area (Å²) in [6.07, 6.45) is 0.793. The van der Waals surface area contributed by atoms with Crippen LogP contribution in [-0.2, 0) is 11.2 Å². The topological polar surface area (TPSA) is 74.6 Å². The van der Waals surface area contributed by atoms with E-state index in [9.17, 15) is 10.1 Å². The summed E-state index contributed by atoms with van der Waals surface area (Å²) < 4.78 is 11.0. The molecule has 1 heterocycles. The van der Waals surface area contributed by atoms with Crippen LogP contribution in [-0.4, -0.2) is 38.1 Å². The minimum absolute atomic E-state index is 0.100. The highest BCUT2D eigenvalue weighted by Crippen LogP contribution is 2.40. The van der Waals surface area contributed by atoms with Gasteiger partial charge >= 0.3 is 0 Å². The Bertz CT molecular complexity index is 1150. The van der Waals surface area contributed by atoms with Gasteiger partial charge in [0, 0.05) is 6.54 Å². The second kappa shape index (κ2) is 9.54. The number of benzene rings is 3. The highest BCUT2D eigenvalue weighted by atomic mass is 16.5. The fourth-order valence-electron chi connectivity index (χ4n) is 4.26. The molecule has 162 valence electrons. The van der Waals surface area contributed by atoms with E-state index in [1.54, 1.807) is 38.5 Å². The normalized spacial score (nSPS) is 15.3. The molecule has 1 amide bonds. The Morgan fingerprint density at radius 1 is 1.06 bits per heavy atom. The molecule has 3 aromatic rings. The summed E-state index contributed by atoms with van der Waals surface area (Å²) in [5.41, 5.74) is 4.36. The highest BCUT2D eigenvalue weighted by molar-refractivity contribution is 5.93. The van der Waals surface area contributed by atoms with Gasteiger partial charge in [-0.3, -0.25) is 9.69 Å². The van der Waals surface area contributed by atoms with E-state index in [-0.39, 0.29) is 18.5 Å². The Kier molecular flexibility index (Phi) is 6.39. The van der Waals surface area contributed by atoms with Crippen LogP contribution in [0.5, 0.6) is 11.5 Å². The van der Waals surface area contributed by atoms with Crippen molar-refractivity contribution in [3.8, 4) is 17.6 Å². The van der Waals surface area contributed by atoms with Crippen molar-refractivity contribution in [3.05, 3.63) is 89.0 Å². The lowest BCUT2D eigenvalue weighted by molar-refractivity contribution is -0.117. The summed E-state index contributed by atoms with van der Waals surface area (Å²) in [6, 6.07) is 23.2. The van der Waals surface area contributed by atoms with Crippen LogP contribution in [0.15, 0.2) is 66.7 Å². The van der Waals surface area contributed by atoms with Gasteiger partial charge in [0.2, 0.25) is 5.91 Å². The van der Waals surface area contributed by atoms with Gasteiger partial charge in [-0.2, -0.15) is 5.26 Å². The molecular weight excluding hydrogens is 402 g/mol. The number of fused-ring (bicyclic) bond motifs is 1. The molecule has 0 aromatic heterocycles. The molecule has 1 unspecified atom stereocenters. The van der Waals surface area contributed by atoms with Gasteiger partial charge in [0.1, 0.15) is 6.07 Å². The number of methoxy groups -OCH3 is 2. The first kappa shape index (κ1) is 21.4. The molecule has 6 nitrogen and oxygen atoms in total. The number of carbonyl (C=O) groups is 1. The summed E-state index contributed by atoms with van der Waals surface area (Å²) in [7, 11) is 3.26. The minimum Gasteiger partial charge on any atom is -0.493 e. The first-order valence-electron chi connectivity index (χ1n) is 10.5. The number of carbonyl (C=O) groups excluding carboxylic acids is 1. The van der Waals surface area contributed by atoms with E-state index in [1.165, 1.54) is 5.56 Å². The SMILES string of the molecule is COc1cc2c(cc1OC)C(c1ccccc1)N(CC(=O)Nc1ccccc1C#N)CC2. The zero-order valence-corrected chi connectivity index (χ0v) is 18.2. The fourth-order valence-corrected chi connectivity index (χ4v) is 4.26.